The highest BCUT2D eigenvalue weighted by atomic mass is 32.1. The fourth-order valence-electron chi connectivity index (χ4n) is 3.05. The lowest BCUT2D eigenvalue weighted by atomic mass is 10.2. The number of aromatic nitrogens is 2. The van der Waals surface area contributed by atoms with Crippen molar-refractivity contribution < 1.29 is 19.0 Å². The third kappa shape index (κ3) is 4.07. The molecule has 0 radical (unpaired) electrons. The molecule has 3 heterocycles. The van der Waals surface area contributed by atoms with Crippen molar-refractivity contribution in [1.82, 2.24) is 9.38 Å². The molecule has 28 heavy (non-hydrogen) atoms. The molecule has 146 valence electrons. The molecule has 1 fully saturated rings. The fraction of sp³-hybridized carbons (Fsp3) is 0.350. The Morgan fingerprint density at radius 2 is 2.18 bits per heavy atom. The van der Waals surface area contributed by atoms with Crippen LogP contribution in [-0.4, -0.2) is 34.7 Å². The zero-order valence-electron chi connectivity index (χ0n) is 15.4. The normalized spacial score (nSPS) is 16.4. The SMILES string of the molecule is Cc1csc2nc(COC(=O)c3ccc(OC[C@@H]4CCCO4)cc3)cc(=O)n12. The zero-order valence-corrected chi connectivity index (χ0v) is 16.2. The zero-order chi connectivity index (χ0) is 19.5. The van der Waals surface area contributed by atoms with Gasteiger partial charge in [-0.3, -0.25) is 9.20 Å². The molecule has 4 rings (SSSR count). The van der Waals surface area contributed by atoms with E-state index >= 15 is 0 Å². The molecule has 0 amide bonds. The van der Waals surface area contributed by atoms with Crippen LogP contribution >= 0.6 is 11.3 Å². The van der Waals surface area contributed by atoms with Crippen LogP contribution in [0.5, 0.6) is 5.75 Å². The number of aryl methyl sites for hydroxylation is 1. The molecule has 2 aromatic heterocycles. The van der Waals surface area contributed by atoms with E-state index in [9.17, 15) is 9.59 Å². The van der Waals surface area contributed by atoms with E-state index in [1.54, 1.807) is 24.3 Å². The number of hydrogen-bond donors (Lipinski definition) is 0. The smallest absolute Gasteiger partial charge is 0.338 e. The van der Waals surface area contributed by atoms with E-state index in [2.05, 4.69) is 4.98 Å². The van der Waals surface area contributed by atoms with Gasteiger partial charge >= 0.3 is 5.97 Å². The van der Waals surface area contributed by atoms with Gasteiger partial charge < -0.3 is 14.2 Å². The summed E-state index contributed by atoms with van der Waals surface area (Å²) in [6.45, 7) is 3.09. The van der Waals surface area contributed by atoms with Crippen LogP contribution in [0.2, 0.25) is 0 Å². The van der Waals surface area contributed by atoms with Crippen LogP contribution < -0.4 is 10.3 Å². The molecule has 1 aromatic carbocycles. The first-order valence-corrected chi connectivity index (χ1v) is 9.96. The summed E-state index contributed by atoms with van der Waals surface area (Å²) < 4.78 is 18.0. The number of carbonyl (C=O) groups is 1. The van der Waals surface area contributed by atoms with Crippen molar-refractivity contribution in [3.8, 4) is 5.75 Å². The number of carbonyl (C=O) groups excluding carboxylic acids is 1. The van der Waals surface area contributed by atoms with E-state index in [1.807, 2.05) is 12.3 Å². The Labute approximate surface area is 165 Å². The molecule has 0 bridgehead atoms. The van der Waals surface area contributed by atoms with Gasteiger partial charge in [-0.15, -0.1) is 11.3 Å². The molecule has 0 unspecified atom stereocenters. The topological polar surface area (TPSA) is 79.1 Å². The van der Waals surface area contributed by atoms with Crippen molar-refractivity contribution in [2.75, 3.05) is 13.2 Å². The quantitative estimate of drug-likeness (QED) is 0.592. The number of thiazole rings is 1. The minimum Gasteiger partial charge on any atom is -0.491 e. The van der Waals surface area contributed by atoms with Crippen LogP contribution in [0.4, 0.5) is 0 Å². The summed E-state index contributed by atoms with van der Waals surface area (Å²) in [5, 5.41) is 1.86. The van der Waals surface area contributed by atoms with Gasteiger partial charge in [-0.05, 0) is 44.0 Å². The van der Waals surface area contributed by atoms with Crippen LogP contribution in [0.25, 0.3) is 4.96 Å². The summed E-state index contributed by atoms with van der Waals surface area (Å²) in [4.78, 5) is 29.4. The van der Waals surface area contributed by atoms with Crippen molar-refractivity contribution >= 4 is 22.3 Å². The largest absolute Gasteiger partial charge is 0.491 e. The van der Waals surface area contributed by atoms with Crippen molar-refractivity contribution in [3.63, 3.8) is 0 Å². The predicted octanol–water partition coefficient (Wildman–Crippen LogP) is 2.98. The van der Waals surface area contributed by atoms with Gasteiger partial charge in [0, 0.05) is 23.7 Å². The second-order valence-corrected chi connectivity index (χ2v) is 7.46. The summed E-state index contributed by atoms with van der Waals surface area (Å²) in [5.74, 6) is 0.204. The van der Waals surface area contributed by atoms with Gasteiger partial charge in [0.1, 0.15) is 19.0 Å². The van der Waals surface area contributed by atoms with E-state index in [1.165, 1.54) is 21.8 Å². The van der Waals surface area contributed by atoms with Crippen LogP contribution in [0.15, 0.2) is 40.5 Å². The third-order valence-electron chi connectivity index (χ3n) is 4.53. The minimum absolute atomic E-state index is 0.0568. The number of fused-ring (bicyclic) bond motifs is 1. The molecule has 1 atom stereocenters. The Morgan fingerprint density at radius 1 is 1.36 bits per heavy atom. The first-order chi connectivity index (χ1) is 13.6. The molecule has 0 N–H and O–H groups in total. The van der Waals surface area contributed by atoms with Crippen LogP contribution in [-0.2, 0) is 16.1 Å². The average Bonchev–Trinajstić information content (AvgIpc) is 3.35. The number of rotatable bonds is 6. The Balaban J connectivity index is 1.35. The number of nitrogens with zero attached hydrogens (tertiary/aromatic N) is 2. The summed E-state index contributed by atoms with van der Waals surface area (Å²) in [6.07, 6.45) is 2.23. The van der Waals surface area contributed by atoms with Crippen molar-refractivity contribution in [1.29, 1.82) is 0 Å². The first kappa shape index (κ1) is 18.6. The molecule has 1 saturated heterocycles. The van der Waals surface area contributed by atoms with Gasteiger partial charge in [-0.2, -0.15) is 0 Å². The third-order valence-corrected chi connectivity index (χ3v) is 5.47. The maximum Gasteiger partial charge on any atom is 0.338 e. The van der Waals surface area contributed by atoms with Gasteiger partial charge in [-0.1, -0.05) is 0 Å². The highest BCUT2D eigenvalue weighted by Gasteiger charge is 2.16. The molecule has 7 nitrogen and oxygen atoms in total. The molecule has 0 aliphatic carbocycles. The second-order valence-electron chi connectivity index (χ2n) is 6.63. The van der Waals surface area contributed by atoms with Gasteiger partial charge in [0.05, 0.1) is 17.4 Å². The standard InChI is InChI=1S/C20H20N2O5S/c1-13-12-28-20-21-15(9-18(23)22(13)20)10-27-19(24)14-4-6-16(7-5-14)26-11-17-3-2-8-25-17/h4-7,9,12,17H,2-3,8,10-11H2,1H3/t17-/m0/s1. The molecule has 1 aliphatic heterocycles. The van der Waals surface area contributed by atoms with Gasteiger partial charge in [0.15, 0.2) is 4.96 Å². The molecule has 8 heteroatoms. The van der Waals surface area contributed by atoms with E-state index < -0.39 is 5.97 Å². The van der Waals surface area contributed by atoms with Crippen LogP contribution in [0, 0.1) is 6.92 Å². The first-order valence-electron chi connectivity index (χ1n) is 9.08. The number of ether oxygens (including phenoxy) is 3. The maximum atomic E-state index is 12.3. The lowest BCUT2D eigenvalue weighted by Gasteiger charge is -2.11. The minimum atomic E-state index is -0.477. The molecule has 1 aliphatic rings. The van der Waals surface area contributed by atoms with Gasteiger partial charge in [0.2, 0.25) is 0 Å². The van der Waals surface area contributed by atoms with Crippen molar-refractivity contribution in [2.24, 2.45) is 0 Å². The second kappa shape index (κ2) is 8.12. The maximum absolute atomic E-state index is 12.3. The van der Waals surface area contributed by atoms with E-state index in [-0.39, 0.29) is 18.3 Å². The average molecular weight is 400 g/mol. The molecular weight excluding hydrogens is 380 g/mol. The Bertz CT molecular complexity index is 1030. The Hall–Kier alpha value is -2.71. The predicted molar refractivity (Wildman–Crippen MR) is 104 cm³/mol. The van der Waals surface area contributed by atoms with Crippen molar-refractivity contribution in [3.05, 3.63) is 63.0 Å². The van der Waals surface area contributed by atoms with Crippen molar-refractivity contribution in [2.45, 2.75) is 32.5 Å². The molecular formula is C20H20N2O5S. The number of benzene rings is 1. The number of esters is 1. The summed E-state index contributed by atoms with van der Waals surface area (Å²) in [5.41, 5.74) is 1.50. The molecule has 0 saturated carbocycles. The highest BCUT2D eigenvalue weighted by Crippen LogP contribution is 2.17. The van der Waals surface area contributed by atoms with Gasteiger partial charge in [0.25, 0.3) is 5.56 Å². The van der Waals surface area contributed by atoms with Crippen LogP contribution in [0.3, 0.4) is 0 Å². The van der Waals surface area contributed by atoms with Gasteiger partial charge in [-0.25, -0.2) is 9.78 Å². The summed E-state index contributed by atoms with van der Waals surface area (Å²) >= 11 is 1.38. The summed E-state index contributed by atoms with van der Waals surface area (Å²) in [7, 11) is 0. The number of hydrogen-bond acceptors (Lipinski definition) is 7. The van der Waals surface area contributed by atoms with Crippen LogP contribution in [0.1, 0.15) is 34.6 Å². The molecule has 0 spiro atoms. The van der Waals surface area contributed by atoms with E-state index in [0.717, 1.165) is 25.1 Å². The Morgan fingerprint density at radius 3 is 2.93 bits per heavy atom. The summed E-state index contributed by atoms with van der Waals surface area (Å²) in [6, 6.07) is 8.16. The lowest BCUT2D eigenvalue weighted by molar-refractivity contribution is 0.0467. The highest BCUT2D eigenvalue weighted by molar-refractivity contribution is 7.15. The van der Waals surface area contributed by atoms with E-state index in [4.69, 9.17) is 14.2 Å². The van der Waals surface area contributed by atoms with E-state index in [0.29, 0.717) is 28.6 Å². The monoisotopic (exact) mass is 400 g/mol. The lowest BCUT2D eigenvalue weighted by Crippen LogP contribution is -2.16. The molecule has 3 aromatic rings. The Kier molecular flexibility index (Phi) is 5.40. The fourth-order valence-corrected chi connectivity index (χ4v) is 3.94.